The van der Waals surface area contributed by atoms with Gasteiger partial charge in [0.2, 0.25) is 0 Å². The lowest BCUT2D eigenvalue weighted by Crippen LogP contribution is -2.02. The lowest BCUT2D eigenvalue weighted by atomic mass is 10.1. The van der Waals surface area contributed by atoms with Gasteiger partial charge in [-0.1, -0.05) is 18.2 Å². The van der Waals surface area contributed by atoms with Gasteiger partial charge in [-0.2, -0.15) is 0 Å². The first kappa shape index (κ1) is 11.4. The molecule has 1 aromatic carbocycles. The van der Waals surface area contributed by atoms with Crippen LogP contribution in [0.1, 0.15) is 11.4 Å². The number of fused-ring (bicyclic) bond motifs is 1. The van der Waals surface area contributed by atoms with Crippen molar-refractivity contribution in [2.45, 2.75) is 13.3 Å². The number of nitrogens with zero attached hydrogens (tertiary/aromatic N) is 1. The van der Waals surface area contributed by atoms with Crippen LogP contribution in [0.5, 0.6) is 0 Å². The fourth-order valence-corrected chi connectivity index (χ4v) is 3.21. The van der Waals surface area contributed by atoms with Gasteiger partial charge < -0.3 is 10.7 Å². The molecule has 2 aromatic heterocycles. The molecule has 0 bridgehead atoms. The molecule has 3 nitrogen and oxygen atoms in total. The maximum Gasteiger partial charge on any atom is 0.126 e. The molecule has 0 saturated heterocycles. The average Bonchev–Trinajstić information content (AvgIpc) is 2.92. The van der Waals surface area contributed by atoms with Crippen molar-refractivity contribution < 1.29 is 0 Å². The van der Waals surface area contributed by atoms with Gasteiger partial charge >= 0.3 is 0 Å². The number of H-pyrrole nitrogens is 1. The Morgan fingerprint density at radius 2 is 2.17 bits per heavy atom. The molecule has 0 fully saturated rings. The summed E-state index contributed by atoms with van der Waals surface area (Å²) in [5, 5.41) is 4.42. The van der Waals surface area contributed by atoms with E-state index in [-0.39, 0.29) is 0 Å². The lowest BCUT2D eigenvalue weighted by molar-refractivity contribution is 0.936. The molecule has 3 aromatic rings. The van der Waals surface area contributed by atoms with Crippen LogP contribution in [0.3, 0.4) is 0 Å². The highest BCUT2D eigenvalue weighted by Crippen LogP contribution is 2.33. The number of rotatable bonds is 3. The van der Waals surface area contributed by atoms with E-state index in [1.165, 1.54) is 22.2 Å². The zero-order valence-corrected chi connectivity index (χ0v) is 11.1. The number of para-hydroxylation sites is 1. The van der Waals surface area contributed by atoms with Crippen LogP contribution in [-0.2, 0) is 6.42 Å². The Morgan fingerprint density at radius 1 is 1.33 bits per heavy atom. The number of nitrogens with one attached hydrogen (secondary N) is 1. The first-order valence-corrected chi connectivity index (χ1v) is 6.89. The van der Waals surface area contributed by atoms with Crippen LogP contribution in [0.15, 0.2) is 29.6 Å². The molecular weight excluding hydrogens is 242 g/mol. The summed E-state index contributed by atoms with van der Waals surface area (Å²) in [6.07, 6.45) is 0.845. The molecule has 0 atom stereocenters. The molecule has 0 amide bonds. The highest BCUT2D eigenvalue weighted by molar-refractivity contribution is 7.13. The van der Waals surface area contributed by atoms with Gasteiger partial charge in [-0.3, -0.25) is 0 Å². The van der Waals surface area contributed by atoms with Crippen LogP contribution in [0.4, 0.5) is 0 Å². The zero-order chi connectivity index (χ0) is 12.5. The topological polar surface area (TPSA) is 54.7 Å². The number of nitrogens with two attached hydrogens (primary N) is 1. The summed E-state index contributed by atoms with van der Waals surface area (Å²) in [7, 11) is 0. The van der Waals surface area contributed by atoms with Gasteiger partial charge in [0.1, 0.15) is 5.01 Å². The monoisotopic (exact) mass is 257 g/mol. The van der Waals surface area contributed by atoms with E-state index in [0.29, 0.717) is 6.54 Å². The summed E-state index contributed by atoms with van der Waals surface area (Å²) in [4.78, 5) is 8.08. The fourth-order valence-electron chi connectivity index (χ4n) is 2.24. The van der Waals surface area contributed by atoms with Crippen molar-refractivity contribution in [2.24, 2.45) is 5.73 Å². The van der Waals surface area contributed by atoms with Crippen molar-refractivity contribution in [3.05, 3.63) is 41.0 Å². The van der Waals surface area contributed by atoms with Gasteiger partial charge in [0.15, 0.2) is 0 Å². The molecule has 0 aliphatic rings. The predicted octanol–water partition coefficient (Wildman–Crippen LogP) is 3.10. The fraction of sp³-hybridized carbons (Fsp3) is 0.214. The Labute approximate surface area is 110 Å². The van der Waals surface area contributed by atoms with Gasteiger partial charge in [0.25, 0.3) is 0 Å². The Bertz CT molecular complexity index is 681. The number of aromatic amines is 1. The van der Waals surface area contributed by atoms with Gasteiger partial charge in [0, 0.05) is 34.0 Å². The van der Waals surface area contributed by atoms with E-state index in [2.05, 4.69) is 40.5 Å². The van der Waals surface area contributed by atoms with E-state index in [1.807, 2.05) is 6.07 Å². The van der Waals surface area contributed by atoms with E-state index in [9.17, 15) is 0 Å². The van der Waals surface area contributed by atoms with Crippen LogP contribution in [0.25, 0.3) is 21.5 Å². The third kappa shape index (κ3) is 1.83. The van der Waals surface area contributed by atoms with Crippen LogP contribution in [0, 0.1) is 6.92 Å². The Hall–Kier alpha value is -1.65. The molecule has 18 heavy (non-hydrogen) atoms. The first-order valence-electron chi connectivity index (χ1n) is 6.01. The summed E-state index contributed by atoms with van der Waals surface area (Å²) in [6, 6.07) is 8.34. The molecule has 0 aliphatic carbocycles. The summed E-state index contributed by atoms with van der Waals surface area (Å²) < 4.78 is 0. The van der Waals surface area contributed by atoms with Crippen molar-refractivity contribution in [3.63, 3.8) is 0 Å². The highest BCUT2D eigenvalue weighted by atomic mass is 32.1. The van der Waals surface area contributed by atoms with Crippen molar-refractivity contribution >= 4 is 22.2 Å². The van der Waals surface area contributed by atoms with Crippen molar-refractivity contribution in [1.82, 2.24) is 9.97 Å². The Balaban J connectivity index is 2.15. The van der Waals surface area contributed by atoms with E-state index < -0.39 is 0 Å². The number of aromatic nitrogens is 2. The lowest BCUT2D eigenvalue weighted by Gasteiger charge is -1.96. The van der Waals surface area contributed by atoms with Crippen molar-refractivity contribution in [3.8, 4) is 10.6 Å². The highest BCUT2D eigenvalue weighted by Gasteiger charge is 2.13. The quantitative estimate of drug-likeness (QED) is 0.757. The summed E-state index contributed by atoms with van der Waals surface area (Å²) in [5.74, 6) is 0. The molecule has 3 N–H and O–H groups in total. The van der Waals surface area contributed by atoms with Crippen LogP contribution in [0.2, 0.25) is 0 Å². The Morgan fingerprint density at radius 3 is 3.00 bits per heavy atom. The van der Waals surface area contributed by atoms with Crippen molar-refractivity contribution in [2.75, 3.05) is 6.54 Å². The second kappa shape index (κ2) is 4.55. The van der Waals surface area contributed by atoms with Crippen LogP contribution in [-0.4, -0.2) is 16.5 Å². The zero-order valence-electron chi connectivity index (χ0n) is 10.2. The third-order valence-corrected chi connectivity index (χ3v) is 3.97. The molecule has 2 heterocycles. The molecule has 92 valence electrons. The molecule has 0 radical (unpaired) electrons. The van der Waals surface area contributed by atoms with Crippen molar-refractivity contribution in [1.29, 1.82) is 0 Å². The second-order valence-electron chi connectivity index (χ2n) is 4.35. The standard InChI is InChI=1S/C14H15N3S/c1-9-13(11-4-2-3-5-12(11)16-9)14-17-10(6-7-15)8-18-14/h2-5,8,16H,6-7,15H2,1H3. The third-order valence-electron chi connectivity index (χ3n) is 3.06. The van der Waals surface area contributed by atoms with Gasteiger partial charge in [-0.15, -0.1) is 11.3 Å². The molecule has 0 aliphatic heterocycles. The molecule has 0 unspecified atom stereocenters. The van der Waals surface area contributed by atoms with E-state index in [4.69, 9.17) is 5.73 Å². The summed E-state index contributed by atoms with van der Waals surface area (Å²) in [5.41, 5.74) is 10.2. The van der Waals surface area contributed by atoms with E-state index in [0.717, 1.165) is 17.1 Å². The van der Waals surface area contributed by atoms with Gasteiger partial charge in [-0.25, -0.2) is 4.98 Å². The van der Waals surface area contributed by atoms with E-state index >= 15 is 0 Å². The normalized spacial score (nSPS) is 11.2. The molecule has 0 saturated carbocycles. The first-order chi connectivity index (χ1) is 8.79. The Kier molecular flexibility index (Phi) is 2.89. The van der Waals surface area contributed by atoms with E-state index in [1.54, 1.807) is 11.3 Å². The number of thiazole rings is 1. The van der Waals surface area contributed by atoms with Crippen LogP contribution >= 0.6 is 11.3 Å². The van der Waals surface area contributed by atoms with Gasteiger partial charge in [0.05, 0.1) is 5.69 Å². The second-order valence-corrected chi connectivity index (χ2v) is 5.21. The smallest absolute Gasteiger partial charge is 0.126 e. The summed E-state index contributed by atoms with van der Waals surface area (Å²) in [6.45, 7) is 2.75. The number of aryl methyl sites for hydroxylation is 1. The van der Waals surface area contributed by atoms with Gasteiger partial charge in [-0.05, 0) is 19.5 Å². The number of hydrogen-bond acceptors (Lipinski definition) is 3. The number of benzene rings is 1. The predicted molar refractivity (Wildman–Crippen MR) is 76.9 cm³/mol. The molecule has 0 spiro atoms. The maximum atomic E-state index is 5.57. The number of hydrogen-bond donors (Lipinski definition) is 2. The molecule has 4 heteroatoms. The average molecular weight is 257 g/mol. The maximum absolute atomic E-state index is 5.57. The summed E-state index contributed by atoms with van der Waals surface area (Å²) >= 11 is 1.69. The largest absolute Gasteiger partial charge is 0.358 e. The minimum Gasteiger partial charge on any atom is -0.358 e. The van der Waals surface area contributed by atoms with Crippen LogP contribution < -0.4 is 5.73 Å². The SMILES string of the molecule is Cc1[nH]c2ccccc2c1-c1nc(CCN)cs1. The minimum atomic E-state index is 0.649. The molecular formula is C14H15N3S. The molecule has 3 rings (SSSR count). The minimum absolute atomic E-state index is 0.649.